The zero-order valence-electron chi connectivity index (χ0n) is 14.7. The molecule has 0 bridgehead atoms. The fourth-order valence-electron chi connectivity index (χ4n) is 2.52. The summed E-state index contributed by atoms with van der Waals surface area (Å²) in [5.41, 5.74) is 7.19. The van der Waals surface area contributed by atoms with E-state index < -0.39 is 0 Å². The number of aromatic amines is 1. The van der Waals surface area contributed by atoms with Crippen LogP contribution in [0.15, 0.2) is 82.7 Å². The van der Waals surface area contributed by atoms with Crippen LogP contribution in [0.25, 0.3) is 5.57 Å². The number of hydrogen-bond acceptors (Lipinski definition) is 4. The van der Waals surface area contributed by atoms with Crippen LogP contribution in [0.3, 0.4) is 0 Å². The van der Waals surface area contributed by atoms with Crippen LogP contribution in [0, 0.1) is 6.92 Å². The average Bonchev–Trinajstić information content (AvgIpc) is 2.65. The number of hydrazone groups is 1. The Morgan fingerprint density at radius 3 is 2.27 bits per heavy atom. The molecular weight excluding hydrogens is 324 g/mol. The molecule has 3 aromatic rings. The maximum atomic E-state index is 11.6. The molecule has 130 valence electrons. The first-order valence-corrected chi connectivity index (χ1v) is 8.32. The van der Waals surface area contributed by atoms with Gasteiger partial charge in [0.15, 0.2) is 0 Å². The second-order valence-corrected chi connectivity index (χ2v) is 5.90. The van der Waals surface area contributed by atoms with Crippen molar-refractivity contribution in [1.29, 1.82) is 0 Å². The highest BCUT2D eigenvalue weighted by atomic mass is 16.1. The van der Waals surface area contributed by atoms with Crippen LogP contribution in [-0.4, -0.2) is 15.7 Å². The highest BCUT2D eigenvalue weighted by molar-refractivity contribution is 6.12. The van der Waals surface area contributed by atoms with Crippen LogP contribution in [0.5, 0.6) is 0 Å². The number of aromatic nitrogens is 2. The molecule has 1 heterocycles. The van der Waals surface area contributed by atoms with E-state index in [9.17, 15) is 4.79 Å². The van der Waals surface area contributed by atoms with E-state index in [1.807, 2.05) is 61.5 Å². The Labute approximate surface area is 152 Å². The third-order valence-corrected chi connectivity index (χ3v) is 3.80. The molecule has 0 atom stereocenters. The van der Waals surface area contributed by atoms with Gasteiger partial charge in [-0.3, -0.25) is 9.78 Å². The highest BCUT2D eigenvalue weighted by Gasteiger charge is 2.04. The smallest absolute Gasteiger partial charge is 0.252 e. The monoisotopic (exact) mass is 344 g/mol. The molecule has 0 saturated heterocycles. The van der Waals surface area contributed by atoms with Crippen molar-refractivity contribution in [2.45, 2.75) is 13.8 Å². The van der Waals surface area contributed by atoms with Crippen LogP contribution in [0.2, 0.25) is 0 Å². The quantitative estimate of drug-likeness (QED) is 0.543. The van der Waals surface area contributed by atoms with Crippen molar-refractivity contribution in [1.82, 2.24) is 9.97 Å². The van der Waals surface area contributed by atoms with Crippen molar-refractivity contribution in [2.75, 3.05) is 5.43 Å². The van der Waals surface area contributed by atoms with E-state index in [4.69, 9.17) is 0 Å². The molecular formula is C21H20N4O. The maximum absolute atomic E-state index is 11.6. The van der Waals surface area contributed by atoms with Crippen molar-refractivity contribution >= 4 is 17.2 Å². The molecule has 0 aliphatic heterocycles. The van der Waals surface area contributed by atoms with Gasteiger partial charge < -0.3 is 0 Å². The molecule has 5 heteroatoms. The van der Waals surface area contributed by atoms with E-state index in [2.05, 4.69) is 32.6 Å². The number of anilines is 1. The van der Waals surface area contributed by atoms with Gasteiger partial charge in [0, 0.05) is 17.3 Å². The lowest BCUT2D eigenvalue weighted by molar-refractivity contribution is 1.04. The van der Waals surface area contributed by atoms with Crippen LogP contribution in [0.4, 0.5) is 5.95 Å². The van der Waals surface area contributed by atoms with Crippen LogP contribution >= 0.6 is 0 Å². The minimum atomic E-state index is -0.215. The fourth-order valence-corrected chi connectivity index (χ4v) is 2.52. The van der Waals surface area contributed by atoms with Gasteiger partial charge in [-0.1, -0.05) is 60.7 Å². The number of rotatable bonds is 5. The summed E-state index contributed by atoms with van der Waals surface area (Å²) < 4.78 is 0. The average molecular weight is 344 g/mol. The molecule has 0 saturated carbocycles. The second-order valence-electron chi connectivity index (χ2n) is 5.90. The summed E-state index contributed by atoms with van der Waals surface area (Å²) in [7, 11) is 0. The molecule has 0 amide bonds. The Bertz CT molecular complexity index is 989. The minimum Gasteiger partial charge on any atom is -0.291 e. The maximum Gasteiger partial charge on any atom is 0.252 e. The van der Waals surface area contributed by atoms with E-state index in [1.54, 1.807) is 6.92 Å². The summed E-state index contributed by atoms with van der Waals surface area (Å²) in [6.07, 6.45) is 2.01. The van der Waals surface area contributed by atoms with Gasteiger partial charge in [0.1, 0.15) is 0 Å². The zero-order valence-corrected chi connectivity index (χ0v) is 14.7. The van der Waals surface area contributed by atoms with E-state index >= 15 is 0 Å². The van der Waals surface area contributed by atoms with E-state index in [0.29, 0.717) is 11.6 Å². The van der Waals surface area contributed by atoms with Gasteiger partial charge in [0.25, 0.3) is 5.56 Å². The molecule has 0 aliphatic rings. The molecule has 0 aliphatic carbocycles. The third-order valence-electron chi connectivity index (χ3n) is 3.80. The number of nitrogens with one attached hydrogen (secondary N) is 2. The fraction of sp³-hybridized carbons (Fsp3) is 0.0952. The van der Waals surface area contributed by atoms with Gasteiger partial charge in [0.05, 0.1) is 5.71 Å². The van der Waals surface area contributed by atoms with Crippen molar-refractivity contribution in [3.8, 4) is 0 Å². The Morgan fingerprint density at radius 2 is 1.65 bits per heavy atom. The molecule has 2 N–H and O–H groups in total. The number of allylic oxidation sites excluding steroid dienone is 2. The topological polar surface area (TPSA) is 70.1 Å². The Balaban J connectivity index is 1.97. The van der Waals surface area contributed by atoms with Crippen LogP contribution in [-0.2, 0) is 0 Å². The summed E-state index contributed by atoms with van der Waals surface area (Å²) in [5, 5.41) is 4.47. The standard InChI is InChI=1S/C21H20N4O/c1-15(17-9-5-3-6-10-17)13-19(18-11-7-4-8-12-18)24-25-21-22-16(2)14-20(26)23-21/h3-14H,1-2H3,(H2,22,23,25,26)/b15-13-,24-19-. The van der Waals surface area contributed by atoms with Crippen LogP contribution in [0.1, 0.15) is 23.7 Å². The summed E-state index contributed by atoms with van der Waals surface area (Å²) in [5.74, 6) is 0.314. The van der Waals surface area contributed by atoms with Crippen molar-refractivity contribution in [3.05, 3.63) is 100.0 Å². The lowest BCUT2D eigenvalue weighted by Gasteiger charge is -2.07. The lowest BCUT2D eigenvalue weighted by atomic mass is 10.0. The Kier molecular flexibility index (Phi) is 5.39. The normalized spacial score (nSPS) is 12.1. The van der Waals surface area contributed by atoms with Gasteiger partial charge in [-0.25, -0.2) is 10.4 Å². The molecule has 2 aromatic carbocycles. The Hall–Kier alpha value is -3.47. The van der Waals surface area contributed by atoms with Gasteiger partial charge in [-0.2, -0.15) is 5.10 Å². The molecule has 5 nitrogen and oxygen atoms in total. The minimum absolute atomic E-state index is 0.215. The summed E-state index contributed by atoms with van der Waals surface area (Å²) >= 11 is 0. The summed E-state index contributed by atoms with van der Waals surface area (Å²) in [4.78, 5) is 18.5. The molecule has 0 spiro atoms. The molecule has 1 aromatic heterocycles. The predicted octanol–water partition coefficient (Wildman–Crippen LogP) is 4.00. The largest absolute Gasteiger partial charge is 0.291 e. The van der Waals surface area contributed by atoms with Gasteiger partial charge in [-0.05, 0) is 31.1 Å². The van der Waals surface area contributed by atoms with Crippen LogP contribution < -0.4 is 11.0 Å². The molecule has 0 radical (unpaired) electrons. The number of H-pyrrole nitrogens is 1. The third kappa shape index (κ3) is 4.54. The van der Waals surface area contributed by atoms with E-state index in [0.717, 1.165) is 22.4 Å². The number of hydrogen-bond donors (Lipinski definition) is 2. The molecule has 26 heavy (non-hydrogen) atoms. The van der Waals surface area contributed by atoms with E-state index in [-0.39, 0.29) is 5.56 Å². The first-order valence-electron chi connectivity index (χ1n) is 8.32. The van der Waals surface area contributed by atoms with Crippen molar-refractivity contribution in [3.63, 3.8) is 0 Å². The summed E-state index contributed by atoms with van der Waals surface area (Å²) in [6, 6.07) is 21.4. The number of aryl methyl sites for hydroxylation is 1. The van der Waals surface area contributed by atoms with Gasteiger partial charge in [-0.15, -0.1) is 0 Å². The van der Waals surface area contributed by atoms with Crippen molar-refractivity contribution < 1.29 is 0 Å². The molecule has 0 fully saturated rings. The first kappa shape index (κ1) is 17.4. The molecule has 3 rings (SSSR count). The lowest BCUT2D eigenvalue weighted by Crippen LogP contribution is -2.11. The predicted molar refractivity (Wildman–Crippen MR) is 106 cm³/mol. The van der Waals surface area contributed by atoms with Crippen molar-refractivity contribution in [2.24, 2.45) is 5.10 Å². The SMILES string of the molecule is C/C(=C/C(=N/Nc1nc(C)cc(=O)[nH]1)c1ccccc1)c1ccccc1. The molecule has 0 unspecified atom stereocenters. The Morgan fingerprint density at radius 1 is 1.04 bits per heavy atom. The first-order chi connectivity index (χ1) is 12.6. The number of nitrogens with zero attached hydrogens (tertiary/aromatic N) is 2. The van der Waals surface area contributed by atoms with Gasteiger partial charge in [0.2, 0.25) is 5.95 Å². The second kappa shape index (κ2) is 8.07. The van der Waals surface area contributed by atoms with E-state index in [1.165, 1.54) is 6.07 Å². The highest BCUT2D eigenvalue weighted by Crippen LogP contribution is 2.15. The van der Waals surface area contributed by atoms with Gasteiger partial charge >= 0.3 is 0 Å². The number of benzene rings is 2. The summed E-state index contributed by atoms with van der Waals surface area (Å²) in [6.45, 7) is 3.81. The zero-order chi connectivity index (χ0) is 18.4.